The van der Waals surface area contributed by atoms with E-state index in [0.29, 0.717) is 0 Å². The largest absolute Gasteiger partial charge is 0.248 e. The van der Waals surface area contributed by atoms with Crippen molar-refractivity contribution in [3.8, 4) is 44.8 Å². The molecule has 0 aliphatic heterocycles. The van der Waals surface area contributed by atoms with Crippen LogP contribution in [-0.2, 0) is 5.41 Å². The van der Waals surface area contributed by atoms with Gasteiger partial charge in [0.2, 0.25) is 0 Å². The quantitative estimate of drug-likeness (QED) is 0.165. The van der Waals surface area contributed by atoms with E-state index in [1.807, 2.05) is 18.2 Å². The highest BCUT2D eigenvalue weighted by Crippen LogP contribution is 2.62. The first kappa shape index (κ1) is 29.8. The fourth-order valence-corrected chi connectivity index (χ4v) is 8.25. The van der Waals surface area contributed by atoms with E-state index in [1.165, 1.54) is 50.1 Å². The maximum atomic E-state index is 5.10. The smallest absolute Gasteiger partial charge is 0.0725 e. The maximum Gasteiger partial charge on any atom is 0.0725 e. The Kier molecular flexibility index (Phi) is 7.14. The van der Waals surface area contributed by atoms with Crippen molar-refractivity contribution in [1.29, 1.82) is 0 Å². The molecule has 7 aromatic rings. The summed E-state index contributed by atoms with van der Waals surface area (Å²) in [5.74, 6) is 0. The number of fused-ring (bicyclic) bond motifs is 10. The molecule has 1 aromatic heterocycles. The summed E-state index contributed by atoms with van der Waals surface area (Å²) in [4.78, 5) is 5.10. The highest BCUT2D eigenvalue weighted by molar-refractivity contribution is 5.97. The topological polar surface area (TPSA) is 12.9 Å². The molecule has 2 aliphatic rings. The van der Waals surface area contributed by atoms with Gasteiger partial charge in [0, 0.05) is 11.1 Å². The van der Waals surface area contributed by atoms with Gasteiger partial charge in [0.25, 0.3) is 0 Å². The molecule has 0 radical (unpaired) electrons. The van der Waals surface area contributed by atoms with Gasteiger partial charge < -0.3 is 0 Å². The van der Waals surface area contributed by atoms with E-state index >= 15 is 0 Å². The van der Waals surface area contributed by atoms with Crippen LogP contribution >= 0.6 is 0 Å². The van der Waals surface area contributed by atoms with Gasteiger partial charge in [-0.15, -0.1) is 0 Å². The molecule has 0 bridgehead atoms. The first-order valence-corrected chi connectivity index (χ1v) is 17.3. The summed E-state index contributed by atoms with van der Waals surface area (Å²) in [6, 6.07) is 59.1. The standard InChI is InChI=1S/C49H35N/c1-3-33(29-34(4-2)38-31-47(35-17-7-5-8-18-35)50-48(32-38)36-19-9-6-10-20-36)37-27-28-46-42(30-37)41-23-13-16-26-45(41)49(46)43-24-14-11-21-39(43)40-22-12-15-25-44(40)49/h3-32H,2H2,1H3/b33-3+,34-29+. The van der Waals surface area contributed by atoms with Gasteiger partial charge in [-0.25, -0.2) is 4.98 Å². The van der Waals surface area contributed by atoms with E-state index in [0.717, 1.165) is 39.2 Å². The number of nitrogens with zero attached hydrogens (tertiary/aromatic N) is 1. The molecule has 1 spiro atoms. The first-order chi connectivity index (χ1) is 24.7. The molecular weight excluding hydrogens is 603 g/mol. The molecule has 236 valence electrons. The number of aromatic nitrogens is 1. The third-order valence-corrected chi connectivity index (χ3v) is 10.5. The van der Waals surface area contributed by atoms with E-state index in [4.69, 9.17) is 4.98 Å². The van der Waals surface area contributed by atoms with Crippen molar-refractivity contribution < 1.29 is 0 Å². The lowest BCUT2D eigenvalue weighted by Crippen LogP contribution is -2.25. The molecule has 1 heteroatoms. The molecule has 0 fully saturated rings. The molecule has 1 heterocycles. The van der Waals surface area contributed by atoms with Gasteiger partial charge in [-0.3, -0.25) is 0 Å². The van der Waals surface area contributed by atoms with Crippen molar-refractivity contribution in [3.63, 3.8) is 0 Å². The van der Waals surface area contributed by atoms with Crippen LogP contribution in [0.3, 0.4) is 0 Å². The van der Waals surface area contributed by atoms with E-state index in [1.54, 1.807) is 0 Å². The van der Waals surface area contributed by atoms with E-state index in [2.05, 4.69) is 177 Å². The summed E-state index contributed by atoms with van der Waals surface area (Å²) >= 11 is 0. The normalized spacial score (nSPS) is 13.8. The van der Waals surface area contributed by atoms with E-state index in [9.17, 15) is 0 Å². The van der Waals surface area contributed by atoms with Gasteiger partial charge in [0.05, 0.1) is 16.8 Å². The lowest BCUT2D eigenvalue weighted by molar-refractivity contribution is 0.793. The Morgan fingerprint density at radius 1 is 0.480 bits per heavy atom. The van der Waals surface area contributed by atoms with Crippen molar-refractivity contribution in [2.45, 2.75) is 12.3 Å². The summed E-state index contributed by atoms with van der Waals surface area (Å²) in [5.41, 5.74) is 18.8. The van der Waals surface area contributed by atoms with Gasteiger partial charge in [0.15, 0.2) is 0 Å². The van der Waals surface area contributed by atoms with Crippen LogP contribution in [0.15, 0.2) is 189 Å². The van der Waals surface area contributed by atoms with Crippen LogP contribution in [-0.4, -0.2) is 4.98 Å². The molecular formula is C49H35N. The first-order valence-electron chi connectivity index (χ1n) is 17.3. The van der Waals surface area contributed by atoms with Crippen LogP contribution in [0.25, 0.3) is 55.9 Å². The van der Waals surface area contributed by atoms with Crippen LogP contribution in [0.5, 0.6) is 0 Å². The molecule has 0 saturated heterocycles. The van der Waals surface area contributed by atoms with Crippen molar-refractivity contribution in [2.75, 3.05) is 0 Å². The van der Waals surface area contributed by atoms with Gasteiger partial charge >= 0.3 is 0 Å². The van der Waals surface area contributed by atoms with Gasteiger partial charge in [0.1, 0.15) is 0 Å². The summed E-state index contributed by atoms with van der Waals surface area (Å²) in [6.07, 6.45) is 6.44. The van der Waals surface area contributed by atoms with Gasteiger partial charge in [-0.05, 0) is 98.0 Å². The Morgan fingerprint density at radius 2 is 0.940 bits per heavy atom. The maximum absolute atomic E-state index is 5.10. The highest BCUT2D eigenvalue weighted by atomic mass is 14.7. The molecule has 0 saturated carbocycles. The lowest BCUT2D eigenvalue weighted by atomic mass is 9.70. The number of pyridine rings is 1. The predicted octanol–water partition coefficient (Wildman–Crippen LogP) is 12.4. The van der Waals surface area contributed by atoms with Crippen LogP contribution in [0, 0.1) is 0 Å². The number of benzene rings is 6. The average Bonchev–Trinajstić information content (AvgIpc) is 3.66. The Bertz CT molecular complexity index is 2390. The molecule has 1 nitrogen and oxygen atoms in total. The van der Waals surface area contributed by atoms with Crippen LogP contribution in [0.4, 0.5) is 0 Å². The fraction of sp³-hybridized carbons (Fsp3) is 0.0408. The second-order valence-corrected chi connectivity index (χ2v) is 13.1. The van der Waals surface area contributed by atoms with Crippen LogP contribution in [0.1, 0.15) is 40.3 Å². The van der Waals surface area contributed by atoms with E-state index < -0.39 is 0 Å². The number of hydrogen-bond acceptors (Lipinski definition) is 1. The molecule has 9 rings (SSSR count). The summed E-state index contributed by atoms with van der Waals surface area (Å²) in [6.45, 7) is 6.41. The summed E-state index contributed by atoms with van der Waals surface area (Å²) in [5, 5.41) is 0. The Hall–Kier alpha value is -6.31. The molecule has 2 aliphatic carbocycles. The van der Waals surface area contributed by atoms with Crippen LogP contribution in [0.2, 0.25) is 0 Å². The number of allylic oxidation sites excluding steroid dienone is 5. The zero-order valence-electron chi connectivity index (χ0n) is 28.0. The second-order valence-electron chi connectivity index (χ2n) is 13.1. The molecule has 50 heavy (non-hydrogen) atoms. The third-order valence-electron chi connectivity index (χ3n) is 10.5. The fourth-order valence-electron chi connectivity index (χ4n) is 8.25. The number of rotatable bonds is 6. The molecule has 0 atom stereocenters. The highest BCUT2D eigenvalue weighted by Gasteiger charge is 2.51. The van der Waals surface area contributed by atoms with Crippen molar-refractivity contribution in [2.24, 2.45) is 0 Å². The Morgan fingerprint density at radius 3 is 1.44 bits per heavy atom. The van der Waals surface area contributed by atoms with Crippen molar-refractivity contribution in [1.82, 2.24) is 4.98 Å². The molecule has 0 N–H and O–H groups in total. The Labute approximate surface area is 294 Å². The monoisotopic (exact) mass is 637 g/mol. The second kappa shape index (κ2) is 12.0. The van der Waals surface area contributed by atoms with E-state index in [-0.39, 0.29) is 5.41 Å². The number of hydrogen-bond donors (Lipinski definition) is 0. The van der Waals surface area contributed by atoms with Crippen LogP contribution < -0.4 is 0 Å². The molecule has 0 amide bonds. The van der Waals surface area contributed by atoms with Crippen molar-refractivity contribution >= 4 is 11.1 Å². The average molecular weight is 638 g/mol. The summed E-state index contributed by atoms with van der Waals surface area (Å²) in [7, 11) is 0. The minimum absolute atomic E-state index is 0.339. The Balaban J connectivity index is 1.19. The SMILES string of the molecule is C=C/C(=C\C(=C/C)c1ccc2c(c1)-c1ccccc1C21c2ccccc2-c2ccccc21)c1cc(-c2ccccc2)nc(-c2ccccc2)c1. The zero-order chi connectivity index (χ0) is 33.7. The molecule has 6 aromatic carbocycles. The van der Waals surface area contributed by atoms with Gasteiger partial charge in [-0.1, -0.05) is 164 Å². The van der Waals surface area contributed by atoms with Crippen molar-refractivity contribution in [3.05, 3.63) is 222 Å². The third kappa shape index (κ3) is 4.51. The minimum atomic E-state index is -0.339. The predicted molar refractivity (Wildman–Crippen MR) is 210 cm³/mol. The zero-order valence-corrected chi connectivity index (χ0v) is 28.0. The lowest BCUT2D eigenvalue weighted by Gasteiger charge is -2.30. The summed E-state index contributed by atoms with van der Waals surface area (Å²) < 4.78 is 0. The van der Waals surface area contributed by atoms with Gasteiger partial charge in [-0.2, -0.15) is 0 Å². The minimum Gasteiger partial charge on any atom is -0.248 e. The molecule has 0 unspecified atom stereocenters.